The van der Waals surface area contributed by atoms with Crippen LogP contribution in [-0.4, -0.2) is 33.0 Å². The molecule has 3 N–H and O–H groups in total. The van der Waals surface area contributed by atoms with Crippen molar-refractivity contribution in [3.63, 3.8) is 0 Å². The molecule has 0 amide bonds. The molecule has 7 nitrogen and oxygen atoms in total. The molecule has 0 saturated carbocycles. The second-order valence-corrected chi connectivity index (χ2v) is 7.42. The van der Waals surface area contributed by atoms with Crippen LogP contribution in [0.15, 0.2) is 49.2 Å². The third kappa shape index (κ3) is 3.30. The standard InChI is InChI=1S/C22H23N7/c1-14-7-19-21(8-15(14)2)29(22-20(28-19)11-24-12-27-22)6-5-23-10-16-3-4-17-18(9-16)26-13-25-17/h3-4,7-9,11-13,23,28H,5-6,10H2,1-2H3,(H,25,26). The first-order valence-corrected chi connectivity index (χ1v) is 9.77. The van der Waals surface area contributed by atoms with Gasteiger partial charge in [-0.25, -0.2) is 15.0 Å². The fourth-order valence-corrected chi connectivity index (χ4v) is 3.75. The molecule has 0 unspecified atom stereocenters. The van der Waals surface area contributed by atoms with Crippen molar-refractivity contribution >= 4 is 33.9 Å². The van der Waals surface area contributed by atoms with Gasteiger partial charge in [-0.2, -0.15) is 0 Å². The highest BCUT2D eigenvalue weighted by molar-refractivity contribution is 5.90. The maximum atomic E-state index is 4.53. The minimum atomic E-state index is 0.803. The van der Waals surface area contributed by atoms with Crippen molar-refractivity contribution in [1.29, 1.82) is 0 Å². The summed E-state index contributed by atoms with van der Waals surface area (Å²) in [4.78, 5) is 18.4. The fraction of sp³-hybridized carbons (Fsp3) is 0.227. The SMILES string of the molecule is Cc1cc2c(cc1C)N(CCNCc1ccc3nc[nH]c3c1)c1ncncc1N2. The maximum Gasteiger partial charge on any atom is 0.160 e. The molecule has 4 aromatic rings. The molecule has 2 aromatic heterocycles. The number of hydrogen-bond donors (Lipinski definition) is 3. The molecule has 3 heterocycles. The highest BCUT2D eigenvalue weighted by Gasteiger charge is 2.24. The van der Waals surface area contributed by atoms with Crippen molar-refractivity contribution in [2.75, 3.05) is 23.3 Å². The number of imidazole rings is 1. The summed E-state index contributed by atoms with van der Waals surface area (Å²) < 4.78 is 0. The van der Waals surface area contributed by atoms with E-state index in [9.17, 15) is 0 Å². The van der Waals surface area contributed by atoms with Gasteiger partial charge in [-0.3, -0.25) is 0 Å². The second-order valence-electron chi connectivity index (χ2n) is 7.42. The lowest BCUT2D eigenvalue weighted by atomic mass is 10.0. The van der Waals surface area contributed by atoms with Gasteiger partial charge in [0.25, 0.3) is 0 Å². The summed E-state index contributed by atoms with van der Waals surface area (Å²) >= 11 is 0. The Hall–Kier alpha value is -3.45. The van der Waals surface area contributed by atoms with E-state index < -0.39 is 0 Å². The topological polar surface area (TPSA) is 81.8 Å². The third-order valence-electron chi connectivity index (χ3n) is 5.45. The van der Waals surface area contributed by atoms with E-state index in [1.807, 2.05) is 12.3 Å². The van der Waals surface area contributed by atoms with E-state index in [4.69, 9.17) is 0 Å². The molecule has 5 rings (SSSR count). The number of fused-ring (bicyclic) bond motifs is 3. The number of aryl methyl sites for hydroxylation is 2. The van der Waals surface area contributed by atoms with Crippen molar-refractivity contribution in [1.82, 2.24) is 25.3 Å². The van der Waals surface area contributed by atoms with Crippen LogP contribution in [0.2, 0.25) is 0 Å². The molecule has 2 aromatic carbocycles. The van der Waals surface area contributed by atoms with Gasteiger partial charge in [0.05, 0.1) is 34.9 Å². The summed E-state index contributed by atoms with van der Waals surface area (Å²) in [5.74, 6) is 0.913. The van der Waals surface area contributed by atoms with Crippen molar-refractivity contribution < 1.29 is 0 Å². The van der Waals surface area contributed by atoms with Gasteiger partial charge in [0, 0.05) is 19.6 Å². The van der Waals surface area contributed by atoms with E-state index >= 15 is 0 Å². The molecule has 0 atom stereocenters. The number of hydrogen-bond acceptors (Lipinski definition) is 6. The Morgan fingerprint density at radius 2 is 1.93 bits per heavy atom. The Morgan fingerprint density at radius 3 is 2.86 bits per heavy atom. The number of anilines is 4. The molecule has 1 aliphatic rings. The van der Waals surface area contributed by atoms with E-state index in [2.05, 4.69) is 73.6 Å². The minimum Gasteiger partial charge on any atom is -0.350 e. The molecule has 0 aliphatic carbocycles. The first-order valence-electron chi connectivity index (χ1n) is 9.77. The average molecular weight is 385 g/mol. The van der Waals surface area contributed by atoms with E-state index in [0.29, 0.717) is 0 Å². The van der Waals surface area contributed by atoms with Gasteiger partial charge in [-0.05, 0) is 54.8 Å². The predicted octanol–water partition coefficient (Wildman–Crippen LogP) is 3.95. The molecule has 0 bridgehead atoms. The molecule has 146 valence electrons. The van der Waals surface area contributed by atoms with E-state index in [1.54, 1.807) is 12.7 Å². The zero-order valence-electron chi connectivity index (χ0n) is 16.5. The van der Waals surface area contributed by atoms with Crippen molar-refractivity contribution in [2.45, 2.75) is 20.4 Å². The summed E-state index contributed by atoms with van der Waals surface area (Å²) in [6.07, 6.45) is 5.17. The summed E-state index contributed by atoms with van der Waals surface area (Å²) in [6.45, 7) is 6.73. The van der Waals surface area contributed by atoms with E-state index in [-0.39, 0.29) is 0 Å². The lowest BCUT2D eigenvalue weighted by molar-refractivity contribution is 0.685. The highest BCUT2D eigenvalue weighted by atomic mass is 15.3. The fourth-order valence-electron chi connectivity index (χ4n) is 3.75. The van der Waals surface area contributed by atoms with Crippen molar-refractivity contribution in [3.8, 4) is 0 Å². The largest absolute Gasteiger partial charge is 0.350 e. The molecule has 29 heavy (non-hydrogen) atoms. The number of rotatable bonds is 5. The van der Waals surface area contributed by atoms with Crippen LogP contribution in [0, 0.1) is 13.8 Å². The molecule has 0 radical (unpaired) electrons. The smallest absolute Gasteiger partial charge is 0.160 e. The first-order chi connectivity index (χ1) is 14.2. The van der Waals surface area contributed by atoms with Crippen LogP contribution in [-0.2, 0) is 6.54 Å². The van der Waals surface area contributed by atoms with Crippen LogP contribution in [0.5, 0.6) is 0 Å². The number of nitrogens with zero attached hydrogens (tertiary/aromatic N) is 4. The Labute approximate surface area is 169 Å². The van der Waals surface area contributed by atoms with Crippen molar-refractivity contribution in [2.24, 2.45) is 0 Å². The molecular formula is C22H23N7. The first kappa shape index (κ1) is 17.6. The normalized spacial score (nSPS) is 12.6. The van der Waals surface area contributed by atoms with Crippen LogP contribution in [0.4, 0.5) is 22.9 Å². The Kier molecular flexibility index (Phi) is 4.37. The van der Waals surface area contributed by atoms with Gasteiger partial charge in [0.2, 0.25) is 0 Å². The Balaban J connectivity index is 1.33. The maximum absolute atomic E-state index is 4.53. The number of benzene rings is 2. The number of aromatic nitrogens is 4. The summed E-state index contributed by atoms with van der Waals surface area (Å²) in [7, 11) is 0. The minimum absolute atomic E-state index is 0.803. The van der Waals surface area contributed by atoms with Crippen molar-refractivity contribution in [3.05, 3.63) is 65.9 Å². The zero-order valence-corrected chi connectivity index (χ0v) is 16.5. The monoisotopic (exact) mass is 385 g/mol. The van der Waals surface area contributed by atoms with Crippen LogP contribution in [0.25, 0.3) is 11.0 Å². The van der Waals surface area contributed by atoms with Gasteiger partial charge >= 0.3 is 0 Å². The number of H-pyrrole nitrogens is 1. The molecule has 7 heteroatoms. The summed E-state index contributed by atoms with van der Waals surface area (Å²) in [6, 6.07) is 10.7. The van der Waals surface area contributed by atoms with Crippen LogP contribution < -0.4 is 15.5 Å². The molecule has 0 fully saturated rings. The van der Waals surface area contributed by atoms with Gasteiger partial charge in [-0.15, -0.1) is 0 Å². The summed E-state index contributed by atoms with van der Waals surface area (Å²) in [5.41, 5.74) is 9.02. The number of nitrogens with one attached hydrogen (secondary N) is 3. The molecule has 0 spiro atoms. The number of aromatic amines is 1. The van der Waals surface area contributed by atoms with Crippen LogP contribution in [0.3, 0.4) is 0 Å². The van der Waals surface area contributed by atoms with Gasteiger partial charge in [-0.1, -0.05) is 6.07 Å². The van der Waals surface area contributed by atoms with Gasteiger partial charge in [0.1, 0.15) is 12.0 Å². The van der Waals surface area contributed by atoms with Crippen LogP contribution >= 0.6 is 0 Å². The third-order valence-corrected chi connectivity index (χ3v) is 5.45. The molecular weight excluding hydrogens is 362 g/mol. The van der Waals surface area contributed by atoms with E-state index in [1.165, 1.54) is 16.7 Å². The average Bonchev–Trinajstić information content (AvgIpc) is 3.19. The zero-order chi connectivity index (χ0) is 19.8. The highest BCUT2D eigenvalue weighted by Crippen LogP contribution is 2.42. The lowest BCUT2D eigenvalue weighted by Crippen LogP contribution is -2.31. The quantitative estimate of drug-likeness (QED) is 0.451. The Bertz CT molecular complexity index is 1180. The van der Waals surface area contributed by atoms with Gasteiger partial charge in [0.15, 0.2) is 5.82 Å². The lowest BCUT2D eigenvalue weighted by Gasteiger charge is -2.33. The Morgan fingerprint density at radius 1 is 1.03 bits per heavy atom. The molecule has 1 aliphatic heterocycles. The van der Waals surface area contributed by atoms with Gasteiger partial charge < -0.3 is 20.5 Å². The molecule has 0 saturated heterocycles. The second kappa shape index (κ2) is 7.18. The summed E-state index contributed by atoms with van der Waals surface area (Å²) in [5, 5.41) is 7.03. The van der Waals surface area contributed by atoms with E-state index in [0.717, 1.165) is 53.5 Å². The predicted molar refractivity (Wildman–Crippen MR) is 116 cm³/mol. The van der Waals surface area contributed by atoms with Crippen LogP contribution in [0.1, 0.15) is 16.7 Å².